The summed E-state index contributed by atoms with van der Waals surface area (Å²) >= 11 is 0. The lowest BCUT2D eigenvalue weighted by Crippen LogP contribution is -2.42. The molecule has 1 fully saturated rings. The highest BCUT2D eigenvalue weighted by Gasteiger charge is 2.31. The summed E-state index contributed by atoms with van der Waals surface area (Å²) in [5.74, 6) is -0.0153. The van der Waals surface area contributed by atoms with Gasteiger partial charge in [-0.15, -0.1) is 0 Å². The first-order chi connectivity index (χ1) is 8.86. The minimum absolute atomic E-state index is 0.0153. The summed E-state index contributed by atoms with van der Waals surface area (Å²) in [6.07, 6.45) is -3.37. The SMILES string of the molecule is Nc1cc(C(F)(F)F)ccc1NC1CCC(=O)NC1. The Balaban J connectivity index is 2.07. The van der Waals surface area contributed by atoms with E-state index in [1.807, 2.05) is 0 Å². The number of piperidine rings is 1. The molecule has 1 aromatic rings. The number of benzene rings is 1. The molecule has 1 amide bonds. The van der Waals surface area contributed by atoms with Gasteiger partial charge in [0.1, 0.15) is 0 Å². The van der Waals surface area contributed by atoms with E-state index in [9.17, 15) is 18.0 Å². The highest BCUT2D eigenvalue weighted by molar-refractivity contribution is 5.77. The Labute approximate surface area is 108 Å². The van der Waals surface area contributed by atoms with Gasteiger partial charge in [0, 0.05) is 19.0 Å². The van der Waals surface area contributed by atoms with Crippen LogP contribution in [0.2, 0.25) is 0 Å². The number of rotatable bonds is 2. The van der Waals surface area contributed by atoms with Crippen LogP contribution in [0.4, 0.5) is 24.5 Å². The Kier molecular flexibility index (Phi) is 3.55. The molecule has 1 saturated heterocycles. The summed E-state index contributed by atoms with van der Waals surface area (Å²) < 4.78 is 37.4. The summed E-state index contributed by atoms with van der Waals surface area (Å²) in [4.78, 5) is 11.0. The lowest BCUT2D eigenvalue weighted by molar-refractivity contribution is -0.137. The quantitative estimate of drug-likeness (QED) is 0.722. The number of hydrogen-bond donors (Lipinski definition) is 3. The number of hydrogen-bond acceptors (Lipinski definition) is 3. The fraction of sp³-hybridized carbons (Fsp3) is 0.417. The zero-order valence-electron chi connectivity index (χ0n) is 10.1. The molecule has 0 aromatic heterocycles. The predicted octanol–water partition coefficient (Wildman–Crippen LogP) is 1.98. The van der Waals surface area contributed by atoms with E-state index in [-0.39, 0.29) is 17.6 Å². The van der Waals surface area contributed by atoms with Crippen LogP contribution in [0.5, 0.6) is 0 Å². The van der Waals surface area contributed by atoms with Crippen LogP contribution >= 0.6 is 0 Å². The van der Waals surface area contributed by atoms with Crippen molar-refractivity contribution in [2.75, 3.05) is 17.6 Å². The minimum atomic E-state index is -4.40. The number of amides is 1. The van der Waals surface area contributed by atoms with Gasteiger partial charge in [-0.05, 0) is 24.6 Å². The van der Waals surface area contributed by atoms with Gasteiger partial charge >= 0.3 is 6.18 Å². The molecular formula is C12H14F3N3O. The van der Waals surface area contributed by atoms with E-state index >= 15 is 0 Å². The van der Waals surface area contributed by atoms with Crippen LogP contribution in [-0.2, 0) is 11.0 Å². The lowest BCUT2D eigenvalue weighted by atomic mass is 10.1. The number of nitrogen functional groups attached to an aromatic ring is 1. The molecule has 1 aliphatic heterocycles. The van der Waals surface area contributed by atoms with Gasteiger partial charge in [0.25, 0.3) is 0 Å². The van der Waals surface area contributed by atoms with E-state index in [1.54, 1.807) is 0 Å². The van der Waals surface area contributed by atoms with E-state index in [4.69, 9.17) is 5.73 Å². The van der Waals surface area contributed by atoms with Crippen molar-refractivity contribution in [2.24, 2.45) is 0 Å². The first-order valence-electron chi connectivity index (χ1n) is 5.86. The van der Waals surface area contributed by atoms with Gasteiger partial charge in [-0.25, -0.2) is 0 Å². The third-order valence-electron chi connectivity index (χ3n) is 3.00. The number of alkyl halides is 3. The average molecular weight is 273 g/mol. The maximum Gasteiger partial charge on any atom is 0.416 e. The largest absolute Gasteiger partial charge is 0.416 e. The molecule has 0 saturated carbocycles. The smallest absolute Gasteiger partial charge is 0.397 e. The molecule has 1 aromatic carbocycles. The van der Waals surface area contributed by atoms with Crippen LogP contribution in [0.15, 0.2) is 18.2 Å². The van der Waals surface area contributed by atoms with Crippen molar-refractivity contribution in [1.82, 2.24) is 5.32 Å². The van der Waals surface area contributed by atoms with Crippen molar-refractivity contribution in [3.63, 3.8) is 0 Å². The molecule has 4 N–H and O–H groups in total. The fourth-order valence-electron chi connectivity index (χ4n) is 1.95. The van der Waals surface area contributed by atoms with Gasteiger partial charge in [-0.3, -0.25) is 4.79 Å². The zero-order valence-corrected chi connectivity index (χ0v) is 10.1. The molecule has 1 aliphatic rings. The number of nitrogens with two attached hydrogens (primary N) is 1. The van der Waals surface area contributed by atoms with Gasteiger partial charge < -0.3 is 16.4 Å². The highest BCUT2D eigenvalue weighted by Crippen LogP contribution is 2.33. The first-order valence-corrected chi connectivity index (χ1v) is 5.86. The lowest BCUT2D eigenvalue weighted by Gasteiger charge is -2.25. The molecule has 0 radical (unpaired) electrons. The van der Waals surface area contributed by atoms with Crippen LogP contribution in [-0.4, -0.2) is 18.5 Å². The first kappa shape index (κ1) is 13.5. The second-order valence-electron chi connectivity index (χ2n) is 4.48. The van der Waals surface area contributed by atoms with Crippen LogP contribution in [0.3, 0.4) is 0 Å². The van der Waals surface area contributed by atoms with E-state index in [0.717, 1.165) is 12.1 Å². The second kappa shape index (κ2) is 4.99. The molecule has 104 valence electrons. The summed E-state index contributed by atoms with van der Waals surface area (Å²) in [6, 6.07) is 3.19. The van der Waals surface area contributed by atoms with E-state index in [0.29, 0.717) is 25.1 Å². The Morgan fingerprint density at radius 3 is 2.63 bits per heavy atom. The van der Waals surface area contributed by atoms with Gasteiger partial charge in [0.2, 0.25) is 5.91 Å². The molecule has 1 unspecified atom stereocenters. The summed E-state index contributed by atoms with van der Waals surface area (Å²) in [5.41, 5.74) is 5.34. The van der Waals surface area contributed by atoms with Crippen LogP contribution in [0, 0.1) is 0 Å². The van der Waals surface area contributed by atoms with Crippen molar-refractivity contribution >= 4 is 17.3 Å². The van der Waals surface area contributed by atoms with Crippen LogP contribution in [0.1, 0.15) is 18.4 Å². The monoisotopic (exact) mass is 273 g/mol. The standard InChI is InChI=1S/C12H14F3N3O/c13-12(14,15)7-1-3-10(9(16)5-7)18-8-2-4-11(19)17-6-8/h1,3,5,8,18H,2,4,6,16H2,(H,17,19). The number of carbonyl (C=O) groups is 1. The van der Waals surface area contributed by atoms with Crippen molar-refractivity contribution in [3.05, 3.63) is 23.8 Å². The number of carbonyl (C=O) groups excluding carboxylic acids is 1. The fourth-order valence-corrected chi connectivity index (χ4v) is 1.95. The average Bonchev–Trinajstić information content (AvgIpc) is 2.33. The van der Waals surface area contributed by atoms with Crippen molar-refractivity contribution in [1.29, 1.82) is 0 Å². The molecule has 19 heavy (non-hydrogen) atoms. The van der Waals surface area contributed by atoms with Crippen molar-refractivity contribution in [2.45, 2.75) is 25.1 Å². The van der Waals surface area contributed by atoms with E-state index < -0.39 is 11.7 Å². The molecular weight excluding hydrogens is 259 g/mol. The van der Waals surface area contributed by atoms with Gasteiger partial charge in [-0.2, -0.15) is 13.2 Å². The maximum absolute atomic E-state index is 12.5. The number of halogens is 3. The van der Waals surface area contributed by atoms with Crippen molar-refractivity contribution < 1.29 is 18.0 Å². The molecule has 0 spiro atoms. The Bertz CT molecular complexity index is 478. The van der Waals surface area contributed by atoms with Crippen LogP contribution in [0.25, 0.3) is 0 Å². The molecule has 1 heterocycles. The van der Waals surface area contributed by atoms with Gasteiger partial charge in [0.15, 0.2) is 0 Å². The zero-order chi connectivity index (χ0) is 14.0. The van der Waals surface area contributed by atoms with Crippen molar-refractivity contribution in [3.8, 4) is 0 Å². The molecule has 0 bridgehead atoms. The van der Waals surface area contributed by atoms with Gasteiger partial charge in [-0.1, -0.05) is 0 Å². The summed E-state index contributed by atoms with van der Waals surface area (Å²) in [6.45, 7) is 0.444. The molecule has 4 nitrogen and oxygen atoms in total. The second-order valence-corrected chi connectivity index (χ2v) is 4.48. The van der Waals surface area contributed by atoms with E-state index in [2.05, 4.69) is 10.6 Å². The van der Waals surface area contributed by atoms with Gasteiger partial charge in [0.05, 0.1) is 16.9 Å². The minimum Gasteiger partial charge on any atom is -0.397 e. The van der Waals surface area contributed by atoms with Crippen LogP contribution < -0.4 is 16.4 Å². The van der Waals surface area contributed by atoms with E-state index in [1.165, 1.54) is 6.07 Å². The molecule has 0 aliphatic carbocycles. The summed E-state index contributed by atoms with van der Waals surface area (Å²) in [7, 11) is 0. The normalized spacial score (nSPS) is 19.9. The third kappa shape index (κ3) is 3.30. The number of nitrogens with one attached hydrogen (secondary N) is 2. The maximum atomic E-state index is 12.5. The predicted molar refractivity (Wildman–Crippen MR) is 65.5 cm³/mol. The molecule has 1 atom stereocenters. The highest BCUT2D eigenvalue weighted by atomic mass is 19.4. The number of anilines is 2. The molecule has 2 rings (SSSR count). The third-order valence-corrected chi connectivity index (χ3v) is 3.00. The Hall–Kier alpha value is -1.92. The summed E-state index contributed by atoms with van der Waals surface area (Å²) in [5, 5.41) is 5.73. The Morgan fingerprint density at radius 1 is 1.37 bits per heavy atom. The topological polar surface area (TPSA) is 67.1 Å². The molecule has 7 heteroatoms. The Morgan fingerprint density at radius 2 is 2.11 bits per heavy atom.